The van der Waals surface area contributed by atoms with Gasteiger partial charge < -0.3 is 4.57 Å². The number of carbonyl (C=O) groups excluding carboxylic acids is 1. The third-order valence-electron chi connectivity index (χ3n) is 4.64. The Morgan fingerprint density at radius 2 is 2.05 bits per heavy atom. The van der Waals surface area contributed by atoms with Crippen molar-refractivity contribution in [3.05, 3.63) is 24.0 Å². The molecule has 0 radical (unpaired) electrons. The summed E-state index contributed by atoms with van der Waals surface area (Å²) in [5, 5.41) is 0. The highest BCUT2D eigenvalue weighted by Crippen LogP contribution is 2.34. The zero-order valence-corrected chi connectivity index (χ0v) is 13.4. The van der Waals surface area contributed by atoms with Crippen LogP contribution in [-0.2, 0) is 7.05 Å². The highest BCUT2D eigenvalue weighted by Gasteiger charge is 2.27. The smallest absolute Gasteiger partial charge is 0.193 e. The van der Waals surface area contributed by atoms with E-state index in [2.05, 4.69) is 25.7 Å². The molecule has 112 valence electrons. The second-order valence-corrected chi connectivity index (χ2v) is 7.20. The number of ketones is 1. The summed E-state index contributed by atoms with van der Waals surface area (Å²) in [4.78, 5) is 14.7. The van der Waals surface area contributed by atoms with E-state index in [0.29, 0.717) is 12.0 Å². The van der Waals surface area contributed by atoms with E-state index in [1.807, 2.05) is 29.9 Å². The molecule has 1 aliphatic heterocycles. The van der Waals surface area contributed by atoms with Crippen LogP contribution in [0.15, 0.2) is 18.3 Å². The third-order valence-corrected chi connectivity index (χ3v) is 4.64. The molecule has 3 nitrogen and oxygen atoms in total. The molecule has 0 aliphatic carbocycles. The number of Topliss-reactive ketones (excluding diaryl/α,β-unsaturated/α-hetero) is 1. The Morgan fingerprint density at radius 1 is 1.30 bits per heavy atom. The molecule has 0 amide bonds. The van der Waals surface area contributed by atoms with Gasteiger partial charge in [-0.3, -0.25) is 9.69 Å². The molecule has 1 aliphatic rings. The maximum atomic E-state index is 12.3. The number of hydrogen-bond donors (Lipinski definition) is 0. The lowest BCUT2D eigenvalue weighted by Crippen LogP contribution is -2.32. The fourth-order valence-corrected chi connectivity index (χ4v) is 3.21. The van der Waals surface area contributed by atoms with Gasteiger partial charge in [-0.05, 0) is 55.8 Å². The Morgan fingerprint density at radius 3 is 2.65 bits per heavy atom. The third kappa shape index (κ3) is 3.72. The monoisotopic (exact) mass is 276 g/mol. The van der Waals surface area contributed by atoms with Crippen molar-refractivity contribution in [2.75, 3.05) is 19.6 Å². The van der Waals surface area contributed by atoms with Crippen LogP contribution in [0.1, 0.15) is 50.5 Å². The fraction of sp³-hybridized carbons (Fsp3) is 0.706. The van der Waals surface area contributed by atoms with Gasteiger partial charge in [-0.1, -0.05) is 20.8 Å². The van der Waals surface area contributed by atoms with Crippen LogP contribution in [0.2, 0.25) is 0 Å². The van der Waals surface area contributed by atoms with E-state index in [-0.39, 0.29) is 5.78 Å². The summed E-state index contributed by atoms with van der Waals surface area (Å²) in [5.74, 6) is 1.02. The molecule has 1 aromatic rings. The maximum Gasteiger partial charge on any atom is 0.193 e. The molecule has 2 heterocycles. The van der Waals surface area contributed by atoms with Crippen molar-refractivity contribution in [3.63, 3.8) is 0 Å². The highest BCUT2D eigenvalue weighted by atomic mass is 16.1. The minimum Gasteiger partial charge on any atom is -0.348 e. The largest absolute Gasteiger partial charge is 0.348 e. The number of nitrogens with zero attached hydrogens (tertiary/aromatic N) is 2. The number of hydrogen-bond acceptors (Lipinski definition) is 2. The molecule has 3 heteroatoms. The Labute approximate surface area is 123 Å². The molecule has 0 N–H and O–H groups in total. The molecule has 2 rings (SSSR count). The van der Waals surface area contributed by atoms with Gasteiger partial charge in [-0.25, -0.2) is 0 Å². The van der Waals surface area contributed by atoms with Gasteiger partial charge in [0.2, 0.25) is 0 Å². The van der Waals surface area contributed by atoms with Crippen LogP contribution < -0.4 is 0 Å². The number of likely N-dealkylation sites (tertiary alicyclic amines) is 1. The second kappa shape index (κ2) is 6.13. The van der Waals surface area contributed by atoms with E-state index in [1.54, 1.807) is 0 Å². The van der Waals surface area contributed by atoms with Gasteiger partial charge in [0.05, 0.1) is 12.2 Å². The van der Waals surface area contributed by atoms with Crippen LogP contribution in [0.5, 0.6) is 0 Å². The molecule has 0 saturated carbocycles. The van der Waals surface area contributed by atoms with Crippen molar-refractivity contribution in [1.82, 2.24) is 9.47 Å². The molecule has 1 aromatic heterocycles. The SMILES string of the molecule is Cn1cccc1C(=O)CN1CCCC(C(C)(C)C)CC1. The summed E-state index contributed by atoms with van der Waals surface area (Å²) in [5.41, 5.74) is 1.21. The summed E-state index contributed by atoms with van der Waals surface area (Å²) < 4.78 is 1.91. The first-order chi connectivity index (χ1) is 9.38. The van der Waals surface area contributed by atoms with Gasteiger partial charge in [0, 0.05) is 13.2 Å². The normalized spacial score (nSPS) is 21.7. The average molecular weight is 276 g/mol. The van der Waals surface area contributed by atoms with E-state index in [9.17, 15) is 4.79 Å². The predicted octanol–water partition coefficient (Wildman–Crippen LogP) is 3.36. The zero-order valence-electron chi connectivity index (χ0n) is 13.4. The van der Waals surface area contributed by atoms with E-state index in [4.69, 9.17) is 0 Å². The van der Waals surface area contributed by atoms with Gasteiger partial charge in [0.25, 0.3) is 0 Å². The Bertz CT molecular complexity index is 456. The predicted molar refractivity (Wildman–Crippen MR) is 83.0 cm³/mol. The molecule has 1 fully saturated rings. The van der Waals surface area contributed by atoms with Crippen LogP contribution in [0.3, 0.4) is 0 Å². The van der Waals surface area contributed by atoms with Gasteiger partial charge in [0.15, 0.2) is 5.78 Å². The lowest BCUT2D eigenvalue weighted by Gasteiger charge is -2.29. The maximum absolute atomic E-state index is 12.3. The van der Waals surface area contributed by atoms with Crippen molar-refractivity contribution < 1.29 is 4.79 Å². The van der Waals surface area contributed by atoms with Gasteiger partial charge in [0.1, 0.15) is 0 Å². The fourth-order valence-electron chi connectivity index (χ4n) is 3.21. The summed E-state index contributed by atoms with van der Waals surface area (Å²) in [7, 11) is 1.94. The molecule has 1 saturated heterocycles. The molecule has 20 heavy (non-hydrogen) atoms. The standard InChI is InChI=1S/C17H28N2O/c1-17(2,3)14-7-5-11-19(12-9-14)13-16(20)15-8-6-10-18(15)4/h6,8,10,14H,5,7,9,11-13H2,1-4H3. The summed E-state index contributed by atoms with van der Waals surface area (Å²) in [6.45, 7) is 9.68. The zero-order chi connectivity index (χ0) is 14.8. The molecule has 0 aromatic carbocycles. The van der Waals surface area contributed by atoms with Crippen LogP contribution in [0.25, 0.3) is 0 Å². The van der Waals surface area contributed by atoms with Crippen LogP contribution in [-0.4, -0.2) is 34.9 Å². The van der Waals surface area contributed by atoms with Gasteiger partial charge >= 0.3 is 0 Å². The van der Waals surface area contributed by atoms with Crippen molar-refractivity contribution in [1.29, 1.82) is 0 Å². The van der Waals surface area contributed by atoms with Crippen molar-refractivity contribution in [2.45, 2.75) is 40.0 Å². The summed E-state index contributed by atoms with van der Waals surface area (Å²) in [6, 6.07) is 3.85. The number of carbonyl (C=O) groups is 1. The quantitative estimate of drug-likeness (QED) is 0.791. The van der Waals surface area contributed by atoms with Crippen molar-refractivity contribution in [3.8, 4) is 0 Å². The molecule has 1 atom stereocenters. The molecule has 0 bridgehead atoms. The Balaban J connectivity index is 1.92. The molecular formula is C17H28N2O. The summed E-state index contributed by atoms with van der Waals surface area (Å²) in [6.07, 6.45) is 5.65. The minimum absolute atomic E-state index is 0.242. The Kier molecular flexibility index (Phi) is 4.69. The van der Waals surface area contributed by atoms with Gasteiger partial charge in [-0.2, -0.15) is 0 Å². The van der Waals surface area contributed by atoms with Crippen molar-refractivity contribution in [2.24, 2.45) is 18.4 Å². The molecular weight excluding hydrogens is 248 g/mol. The van der Waals surface area contributed by atoms with Crippen LogP contribution in [0, 0.1) is 11.3 Å². The van der Waals surface area contributed by atoms with Crippen LogP contribution in [0.4, 0.5) is 0 Å². The lowest BCUT2D eigenvalue weighted by molar-refractivity contribution is 0.0922. The second-order valence-electron chi connectivity index (χ2n) is 7.20. The van der Waals surface area contributed by atoms with Crippen molar-refractivity contribution >= 4 is 5.78 Å². The highest BCUT2D eigenvalue weighted by molar-refractivity contribution is 5.96. The number of aromatic nitrogens is 1. The summed E-state index contributed by atoms with van der Waals surface area (Å²) >= 11 is 0. The Hall–Kier alpha value is -1.09. The molecule has 0 spiro atoms. The average Bonchev–Trinajstić information content (AvgIpc) is 2.63. The lowest BCUT2D eigenvalue weighted by atomic mass is 9.77. The van der Waals surface area contributed by atoms with E-state index in [0.717, 1.165) is 24.7 Å². The topological polar surface area (TPSA) is 25.2 Å². The first kappa shape index (κ1) is 15.3. The molecule has 1 unspecified atom stereocenters. The van der Waals surface area contributed by atoms with Gasteiger partial charge in [-0.15, -0.1) is 0 Å². The number of aryl methyl sites for hydroxylation is 1. The minimum atomic E-state index is 0.242. The van der Waals surface area contributed by atoms with Crippen LogP contribution >= 0.6 is 0 Å². The van der Waals surface area contributed by atoms with E-state index < -0.39 is 0 Å². The first-order valence-electron chi connectivity index (χ1n) is 7.75. The number of rotatable bonds is 3. The first-order valence-corrected chi connectivity index (χ1v) is 7.75. The van der Waals surface area contributed by atoms with E-state index >= 15 is 0 Å². The van der Waals surface area contributed by atoms with E-state index in [1.165, 1.54) is 19.3 Å².